The van der Waals surface area contributed by atoms with Gasteiger partial charge < -0.3 is 15.4 Å². The number of nitrogen functional groups attached to an aromatic ring is 1. The van der Waals surface area contributed by atoms with Gasteiger partial charge in [0.25, 0.3) is 5.91 Å². The number of anilines is 2. The molecule has 0 aromatic heterocycles. The van der Waals surface area contributed by atoms with Crippen molar-refractivity contribution in [3.05, 3.63) is 53.6 Å². The Morgan fingerprint density at radius 3 is 2.40 bits per heavy atom. The summed E-state index contributed by atoms with van der Waals surface area (Å²) in [6.07, 6.45) is 0. The fourth-order valence-corrected chi connectivity index (χ4v) is 1.96. The van der Waals surface area contributed by atoms with Crippen molar-refractivity contribution in [3.63, 3.8) is 0 Å². The Hall–Kier alpha value is -2.49. The van der Waals surface area contributed by atoms with Crippen molar-refractivity contribution < 1.29 is 9.53 Å². The Labute approximate surface area is 118 Å². The third-order valence-electron chi connectivity index (χ3n) is 3.24. The number of ether oxygens (including phenoxy) is 1. The molecule has 0 aliphatic rings. The summed E-state index contributed by atoms with van der Waals surface area (Å²) in [5.41, 5.74) is 8.71. The molecule has 0 heterocycles. The number of methoxy groups -OCH3 is 1. The van der Waals surface area contributed by atoms with Crippen molar-refractivity contribution in [2.45, 2.75) is 6.92 Å². The maximum Gasteiger partial charge on any atom is 0.258 e. The van der Waals surface area contributed by atoms with Gasteiger partial charge >= 0.3 is 0 Å². The first-order valence-electron chi connectivity index (χ1n) is 6.31. The average Bonchev–Trinajstić information content (AvgIpc) is 2.47. The van der Waals surface area contributed by atoms with Crippen LogP contribution in [-0.4, -0.2) is 20.1 Å². The number of hydrogen-bond donors (Lipinski definition) is 1. The SMILES string of the molecule is COc1cc(C(=O)N(C)c2ccc(N)cc2)ccc1C. The second-order valence-electron chi connectivity index (χ2n) is 4.64. The normalized spacial score (nSPS) is 10.2. The lowest BCUT2D eigenvalue weighted by molar-refractivity contribution is 0.0992. The summed E-state index contributed by atoms with van der Waals surface area (Å²) in [6, 6.07) is 12.6. The minimum absolute atomic E-state index is 0.0897. The lowest BCUT2D eigenvalue weighted by Crippen LogP contribution is -2.26. The van der Waals surface area contributed by atoms with Crippen molar-refractivity contribution in [3.8, 4) is 5.75 Å². The van der Waals surface area contributed by atoms with E-state index in [-0.39, 0.29) is 5.91 Å². The Morgan fingerprint density at radius 1 is 1.15 bits per heavy atom. The fourth-order valence-electron chi connectivity index (χ4n) is 1.96. The molecule has 2 aromatic rings. The van der Waals surface area contributed by atoms with Gasteiger partial charge in [0, 0.05) is 24.0 Å². The third-order valence-corrected chi connectivity index (χ3v) is 3.24. The Morgan fingerprint density at radius 2 is 1.80 bits per heavy atom. The predicted octanol–water partition coefficient (Wildman–Crippen LogP) is 2.86. The summed E-state index contributed by atoms with van der Waals surface area (Å²) in [4.78, 5) is 14.0. The van der Waals surface area contributed by atoms with Gasteiger partial charge in [-0.05, 0) is 48.9 Å². The predicted molar refractivity (Wildman–Crippen MR) is 81.3 cm³/mol. The standard InChI is InChI=1S/C16H18N2O2/c1-11-4-5-12(10-15(11)20-3)16(19)18(2)14-8-6-13(17)7-9-14/h4-10H,17H2,1-3H3. The zero-order chi connectivity index (χ0) is 14.7. The number of amides is 1. The van der Waals surface area contributed by atoms with Crippen LogP contribution in [0.2, 0.25) is 0 Å². The maximum atomic E-state index is 12.4. The van der Waals surface area contributed by atoms with Crippen LogP contribution < -0.4 is 15.4 Å². The first kappa shape index (κ1) is 13.9. The van der Waals surface area contributed by atoms with E-state index in [1.807, 2.05) is 25.1 Å². The molecule has 20 heavy (non-hydrogen) atoms. The summed E-state index contributed by atoms with van der Waals surface area (Å²) < 4.78 is 5.25. The van der Waals surface area contributed by atoms with Gasteiger partial charge in [-0.25, -0.2) is 0 Å². The lowest BCUT2D eigenvalue weighted by Gasteiger charge is -2.18. The molecule has 0 radical (unpaired) electrons. The quantitative estimate of drug-likeness (QED) is 0.872. The molecule has 4 nitrogen and oxygen atoms in total. The van der Waals surface area contributed by atoms with Crippen LogP contribution in [0.4, 0.5) is 11.4 Å². The number of nitrogens with two attached hydrogens (primary N) is 1. The maximum absolute atomic E-state index is 12.4. The van der Waals surface area contributed by atoms with Crippen molar-refractivity contribution in [1.29, 1.82) is 0 Å². The fraction of sp³-hybridized carbons (Fsp3) is 0.188. The largest absolute Gasteiger partial charge is 0.496 e. The molecule has 0 atom stereocenters. The van der Waals surface area contributed by atoms with Crippen LogP contribution in [0.5, 0.6) is 5.75 Å². The topological polar surface area (TPSA) is 55.6 Å². The number of benzene rings is 2. The molecule has 2 aromatic carbocycles. The monoisotopic (exact) mass is 270 g/mol. The van der Waals surface area contributed by atoms with Crippen LogP contribution in [0.3, 0.4) is 0 Å². The molecule has 0 fully saturated rings. The highest BCUT2D eigenvalue weighted by Crippen LogP contribution is 2.22. The average molecular weight is 270 g/mol. The summed E-state index contributed by atoms with van der Waals surface area (Å²) >= 11 is 0. The first-order valence-corrected chi connectivity index (χ1v) is 6.31. The summed E-state index contributed by atoms with van der Waals surface area (Å²) in [6.45, 7) is 1.94. The highest BCUT2D eigenvalue weighted by atomic mass is 16.5. The molecule has 0 bridgehead atoms. The highest BCUT2D eigenvalue weighted by molar-refractivity contribution is 6.06. The summed E-state index contributed by atoms with van der Waals surface area (Å²) in [5, 5.41) is 0. The van der Waals surface area contributed by atoms with Crippen LogP contribution in [0.1, 0.15) is 15.9 Å². The molecule has 0 saturated carbocycles. The van der Waals surface area contributed by atoms with Crippen LogP contribution in [0.15, 0.2) is 42.5 Å². The Bertz CT molecular complexity index is 621. The molecule has 0 aliphatic heterocycles. The van der Waals surface area contributed by atoms with E-state index in [9.17, 15) is 4.79 Å². The third kappa shape index (κ3) is 2.74. The van der Waals surface area contributed by atoms with Gasteiger partial charge in [0.1, 0.15) is 5.75 Å². The van der Waals surface area contributed by atoms with Crippen molar-refractivity contribution in [2.75, 3.05) is 24.8 Å². The van der Waals surface area contributed by atoms with Gasteiger partial charge in [0.15, 0.2) is 0 Å². The molecule has 0 spiro atoms. The summed E-state index contributed by atoms with van der Waals surface area (Å²) in [5.74, 6) is 0.620. The van der Waals surface area contributed by atoms with Crippen molar-refractivity contribution >= 4 is 17.3 Å². The number of hydrogen-bond acceptors (Lipinski definition) is 3. The molecule has 2 N–H and O–H groups in total. The van der Waals surface area contributed by atoms with Crippen LogP contribution >= 0.6 is 0 Å². The first-order chi connectivity index (χ1) is 9.52. The van der Waals surface area contributed by atoms with E-state index in [0.717, 1.165) is 11.3 Å². The minimum atomic E-state index is -0.0897. The lowest BCUT2D eigenvalue weighted by atomic mass is 10.1. The molecule has 0 saturated heterocycles. The molecule has 4 heteroatoms. The molecule has 2 rings (SSSR count). The van der Waals surface area contributed by atoms with E-state index in [0.29, 0.717) is 17.0 Å². The van der Waals surface area contributed by atoms with Gasteiger partial charge in [-0.3, -0.25) is 4.79 Å². The minimum Gasteiger partial charge on any atom is -0.496 e. The zero-order valence-corrected chi connectivity index (χ0v) is 11.9. The second-order valence-corrected chi connectivity index (χ2v) is 4.64. The van der Waals surface area contributed by atoms with E-state index in [1.54, 1.807) is 43.3 Å². The molecular weight excluding hydrogens is 252 g/mol. The number of carbonyl (C=O) groups excluding carboxylic acids is 1. The molecular formula is C16H18N2O2. The van der Waals surface area contributed by atoms with E-state index in [4.69, 9.17) is 10.5 Å². The van der Waals surface area contributed by atoms with Gasteiger partial charge in [-0.15, -0.1) is 0 Å². The van der Waals surface area contributed by atoms with Crippen LogP contribution in [0.25, 0.3) is 0 Å². The molecule has 104 valence electrons. The van der Waals surface area contributed by atoms with Crippen molar-refractivity contribution in [2.24, 2.45) is 0 Å². The van der Waals surface area contributed by atoms with Gasteiger partial charge in [-0.1, -0.05) is 6.07 Å². The van der Waals surface area contributed by atoms with E-state index >= 15 is 0 Å². The smallest absolute Gasteiger partial charge is 0.258 e. The number of carbonyl (C=O) groups is 1. The van der Waals surface area contributed by atoms with Crippen LogP contribution in [-0.2, 0) is 0 Å². The highest BCUT2D eigenvalue weighted by Gasteiger charge is 2.14. The Balaban J connectivity index is 2.28. The summed E-state index contributed by atoms with van der Waals surface area (Å²) in [7, 11) is 3.33. The molecule has 0 unspecified atom stereocenters. The van der Waals surface area contributed by atoms with E-state index in [1.165, 1.54) is 0 Å². The molecule has 1 amide bonds. The second kappa shape index (κ2) is 5.65. The van der Waals surface area contributed by atoms with Gasteiger partial charge in [-0.2, -0.15) is 0 Å². The molecule has 0 aliphatic carbocycles. The zero-order valence-electron chi connectivity index (χ0n) is 11.9. The van der Waals surface area contributed by atoms with Gasteiger partial charge in [0.05, 0.1) is 7.11 Å². The van der Waals surface area contributed by atoms with E-state index < -0.39 is 0 Å². The Kier molecular flexibility index (Phi) is 3.94. The van der Waals surface area contributed by atoms with Crippen molar-refractivity contribution in [1.82, 2.24) is 0 Å². The number of nitrogens with zero attached hydrogens (tertiary/aromatic N) is 1. The number of rotatable bonds is 3. The van der Waals surface area contributed by atoms with Crippen LogP contribution in [0, 0.1) is 6.92 Å². The van der Waals surface area contributed by atoms with Gasteiger partial charge in [0.2, 0.25) is 0 Å². The van der Waals surface area contributed by atoms with E-state index in [2.05, 4.69) is 0 Å². The number of aryl methyl sites for hydroxylation is 1.